The van der Waals surface area contributed by atoms with Gasteiger partial charge in [0, 0.05) is 20.7 Å². The summed E-state index contributed by atoms with van der Waals surface area (Å²) in [6, 6.07) is 9.73. The van der Waals surface area contributed by atoms with E-state index in [1.54, 1.807) is 7.11 Å². The molecule has 0 radical (unpaired) electrons. The number of rotatable bonds is 9. The number of para-hydroxylation sites is 1. The monoisotopic (exact) mass is 474 g/mol. The maximum atomic E-state index is 5.67. The van der Waals surface area contributed by atoms with Crippen molar-refractivity contribution in [3.63, 3.8) is 0 Å². The minimum Gasteiger partial charge on any atom is -0.492 e. The molecule has 1 aromatic carbocycles. The van der Waals surface area contributed by atoms with Gasteiger partial charge in [0.15, 0.2) is 11.8 Å². The van der Waals surface area contributed by atoms with Crippen molar-refractivity contribution in [2.45, 2.75) is 13.5 Å². The van der Waals surface area contributed by atoms with Crippen LogP contribution in [0.3, 0.4) is 0 Å². The molecule has 2 N–H and O–H groups in total. The van der Waals surface area contributed by atoms with Gasteiger partial charge in [-0.25, -0.2) is 4.99 Å². The molecule has 8 nitrogen and oxygen atoms in total. The zero-order chi connectivity index (χ0) is 17.9. The van der Waals surface area contributed by atoms with Crippen molar-refractivity contribution in [3.8, 4) is 5.75 Å². The molecule has 1 heterocycles. The number of aliphatic imine (C=N–C) groups is 1. The molecule has 0 fully saturated rings. The SMILES string of the molecule is COCCNC(=NCc1nnc(C)n1C)NCCOc1ccccc1.I. The van der Waals surface area contributed by atoms with Crippen LogP contribution in [0, 0.1) is 6.92 Å². The van der Waals surface area contributed by atoms with Gasteiger partial charge >= 0.3 is 0 Å². The van der Waals surface area contributed by atoms with Crippen LogP contribution in [0.4, 0.5) is 0 Å². The Kier molecular flexibility index (Phi) is 10.6. The smallest absolute Gasteiger partial charge is 0.191 e. The number of nitrogens with zero attached hydrogens (tertiary/aromatic N) is 4. The van der Waals surface area contributed by atoms with Gasteiger partial charge in [0.05, 0.1) is 13.2 Å². The van der Waals surface area contributed by atoms with Gasteiger partial charge in [-0.3, -0.25) is 0 Å². The van der Waals surface area contributed by atoms with Crippen LogP contribution in [0.1, 0.15) is 11.6 Å². The normalized spacial score (nSPS) is 11.0. The highest BCUT2D eigenvalue weighted by Crippen LogP contribution is 2.07. The van der Waals surface area contributed by atoms with Crippen LogP contribution in [0.25, 0.3) is 0 Å². The number of aromatic nitrogens is 3. The van der Waals surface area contributed by atoms with E-state index in [9.17, 15) is 0 Å². The second kappa shape index (κ2) is 12.5. The third-order valence-corrected chi connectivity index (χ3v) is 3.57. The predicted octanol–water partition coefficient (Wildman–Crippen LogP) is 1.50. The topological polar surface area (TPSA) is 85.6 Å². The Morgan fingerprint density at radius 1 is 1.12 bits per heavy atom. The third kappa shape index (κ3) is 7.56. The molecular formula is C17H27IN6O2. The molecule has 0 aliphatic rings. The van der Waals surface area contributed by atoms with Crippen LogP contribution in [0.15, 0.2) is 35.3 Å². The molecule has 26 heavy (non-hydrogen) atoms. The Morgan fingerprint density at radius 2 is 1.81 bits per heavy atom. The quantitative estimate of drug-likeness (QED) is 0.248. The number of guanidine groups is 1. The molecule has 0 atom stereocenters. The number of methoxy groups -OCH3 is 1. The van der Waals surface area contributed by atoms with E-state index in [0.717, 1.165) is 17.4 Å². The molecule has 9 heteroatoms. The summed E-state index contributed by atoms with van der Waals surface area (Å²) in [4.78, 5) is 4.54. The van der Waals surface area contributed by atoms with E-state index >= 15 is 0 Å². The first-order valence-electron chi connectivity index (χ1n) is 8.24. The average molecular weight is 474 g/mol. The molecule has 0 amide bonds. The average Bonchev–Trinajstić information content (AvgIpc) is 2.95. The van der Waals surface area contributed by atoms with Gasteiger partial charge in [0.25, 0.3) is 0 Å². The van der Waals surface area contributed by atoms with E-state index in [4.69, 9.17) is 9.47 Å². The van der Waals surface area contributed by atoms with Crippen LogP contribution in [-0.2, 0) is 18.3 Å². The standard InChI is InChI=1S/C17H26N6O2.HI/c1-14-21-22-16(23(14)2)13-20-17(18-9-11-24-3)19-10-12-25-15-7-5-4-6-8-15;/h4-8H,9-13H2,1-3H3,(H2,18,19,20);1H. The van der Waals surface area contributed by atoms with Crippen LogP contribution < -0.4 is 15.4 Å². The molecule has 1 aromatic heterocycles. The molecular weight excluding hydrogens is 447 g/mol. The Hall–Kier alpha value is -1.88. The summed E-state index contributed by atoms with van der Waals surface area (Å²) in [5.74, 6) is 3.22. The molecule has 0 saturated carbocycles. The van der Waals surface area contributed by atoms with Gasteiger partial charge in [-0.15, -0.1) is 34.2 Å². The Morgan fingerprint density at radius 3 is 2.42 bits per heavy atom. The lowest BCUT2D eigenvalue weighted by Crippen LogP contribution is -2.40. The van der Waals surface area contributed by atoms with E-state index in [-0.39, 0.29) is 24.0 Å². The van der Waals surface area contributed by atoms with E-state index < -0.39 is 0 Å². The Balaban J connectivity index is 0.00000338. The second-order valence-corrected chi connectivity index (χ2v) is 5.40. The number of ether oxygens (including phenoxy) is 2. The lowest BCUT2D eigenvalue weighted by atomic mass is 10.3. The van der Waals surface area contributed by atoms with Gasteiger partial charge < -0.3 is 24.7 Å². The lowest BCUT2D eigenvalue weighted by Gasteiger charge is -2.13. The van der Waals surface area contributed by atoms with E-state index in [1.165, 1.54) is 0 Å². The largest absolute Gasteiger partial charge is 0.492 e. The number of benzene rings is 1. The molecule has 0 unspecified atom stereocenters. The number of halogens is 1. The van der Waals surface area contributed by atoms with Gasteiger partial charge in [-0.1, -0.05) is 18.2 Å². The van der Waals surface area contributed by atoms with E-state index in [0.29, 0.717) is 38.8 Å². The fraction of sp³-hybridized carbons (Fsp3) is 0.471. The summed E-state index contributed by atoms with van der Waals surface area (Å²) >= 11 is 0. The van der Waals surface area contributed by atoms with Crippen LogP contribution in [0.2, 0.25) is 0 Å². The highest BCUT2D eigenvalue weighted by molar-refractivity contribution is 14.0. The van der Waals surface area contributed by atoms with Crippen molar-refractivity contribution in [2.24, 2.45) is 12.0 Å². The van der Waals surface area contributed by atoms with Crippen LogP contribution in [0.5, 0.6) is 5.75 Å². The molecule has 0 bridgehead atoms. The fourth-order valence-electron chi connectivity index (χ4n) is 2.04. The first-order valence-corrected chi connectivity index (χ1v) is 8.24. The van der Waals surface area contributed by atoms with Crippen LogP contribution in [-0.4, -0.2) is 54.1 Å². The minimum atomic E-state index is 0. The molecule has 0 saturated heterocycles. The maximum absolute atomic E-state index is 5.67. The summed E-state index contributed by atoms with van der Waals surface area (Å²) in [5, 5.41) is 14.6. The van der Waals surface area contributed by atoms with Crippen molar-refractivity contribution >= 4 is 29.9 Å². The Bertz CT molecular complexity index is 663. The van der Waals surface area contributed by atoms with Gasteiger partial charge in [0.1, 0.15) is 24.7 Å². The predicted molar refractivity (Wildman–Crippen MR) is 112 cm³/mol. The summed E-state index contributed by atoms with van der Waals surface area (Å²) in [7, 11) is 3.60. The molecule has 0 aliphatic heterocycles. The van der Waals surface area contributed by atoms with E-state index in [2.05, 4.69) is 25.8 Å². The second-order valence-electron chi connectivity index (χ2n) is 5.40. The number of aryl methyl sites for hydroxylation is 1. The van der Waals surface area contributed by atoms with Gasteiger partial charge in [0.2, 0.25) is 0 Å². The lowest BCUT2D eigenvalue weighted by molar-refractivity contribution is 0.203. The fourth-order valence-corrected chi connectivity index (χ4v) is 2.04. The number of hydrogen-bond donors (Lipinski definition) is 2. The molecule has 2 aromatic rings. The summed E-state index contributed by atoms with van der Waals surface area (Å²) < 4.78 is 12.7. The van der Waals surface area contributed by atoms with Crippen molar-refractivity contribution in [3.05, 3.63) is 42.0 Å². The molecule has 2 rings (SSSR count). The first-order chi connectivity index (χ1) is 12.2. The highest BCUT2D eigenvalue weighted by Gasteiger charge is 2.05. The van der Waals surface area contributed by atoms with Gasteiger partial charge in [-0.05, 0) is 19.1 Å². The van der Waals surface area contributed by atoms with Crippen molar-refractivity contribution in [1.82, 2.24) is 25.4 Å². The first kappa shape index (κ1) is 22.2. The zero-order valence-corrected chi connectivity index (χ0v) is 17.8. The van der Waals surface area contributed by atoms with Crippen LogP contribution >= 0.6 is 24.0 Å². The summed E-state index contributed by atoms with van der Waals surface area (Å²) in [5.41, 5.74) is 0. The van der Waals surface area contributed by atoms with Crippen molar-refractivity contribution in [2.75, 3.05) is 33.4 Å². The summed E-state index contributed by atoms with van der Waals surface area (Å²) in [6.07, 6.45) is 0. The number of nitrogens with one attached hydrogen (secondary N) is 2. The molecule has 0 aliphatic carbocycles. The van der Waals surface area contributed by atoms with E-state index in [1.807, 2.05) is 48.9 Å². The van der Waals surface area contributed by atoms with Gasteiger partial charge in [-0.2, -0.15) is 0 Å². The Labute approximate surface area is 171 Å². The highest BCUT2D eigenvalue weighted by atomic mass is 127. The minimum absolute atomic E-state index is 0. The van der Waals surface area contributed by atoms with Crippen molar-refractivity contribution < 1.29 is 9.47 Å². The zero-order valence-electron chi connectivity index (χ0n) is 15.4. The molecule has 0 spiro atoms. The summed E-state index contributed by atoms with van der Waals surface area (Å²) in [6.45, 7) is 4.80. The molecule has 144 valence electrons. The maximum Gasteiger partial charge on any atom is 0.191 e. The van der Waals surface area contributed by atoms with Crippen molar-refractivity contribution in [1.29, 1.82) is 0 Å². The third-order valence-electron chi connectivity index (χ3n) is 3.57. The number of hydrogen-bond acceptors (Lipinski definition) is 5.